The molecule has 0 saturated heterocycles. The van der Waals surface area contributed by atoms with Crippen LogP contribution in [-0.2, 0) is 11.2 Å². The number of amides is 1. The third-order valence-corrected chi connectivity index (χ3v) is 3.02. The van der Waals surface area contributed by atoms with Crippen molar-refractivity contribution in [2.75, 3.05) is 13.1 Å². The molecule has 0 spiro atoms. The highest BCUT2D eigenvalue weighted by molar-refractivity contribution is 5.76. The van der Waals surface area contributed by atoms with Crippen molar-refractivity contribution in [3.05, 3.63) is 29.8 Å². The van der Waals surface area contributed by atoms with Crippen LogP contribution in [0.15, 0.2) is 24.3 Å². The van der Waals surface area contributed by atoms with E-state index in [0.29, 0.717) is 6.54 Å². The van der Waals surface area contributed by atoms with Crippen molar-refractivity contribution in [2.24, 2.45) is 11.7 Å². The Hall–Kier alpha value is -1.55. The fourth-order valence-corrected chi connectivity index (χ4v) is 1.93. The molecule has 2 unspecified atom stereocenters. The average Bonchev–Trinajstić information content (AvgIpc) is 2.71. The summed E-state index contributed by atoms with van der Waals surface area (Å²) in [5.41, 5.74) is 6.44. The van der Waals surface area contributed by atoms with Crippen molar-refractivity contribution in [1.29, 1.82) is 0 Å². The van der Waals surface area contributed by atoms with Crippen LogP contribution in [0, 0.1) is 5.92 Å². The van der Waals surface area contributed by atoms with Gasteiger partial charge in [-0.05, 0) is 11.6 Å². The van der Waals surface area contributed by atoms with Gasteiger partial charge in [-0.15, -0.1) is 0 Å². The van der Waals surface area contributed by atoms with Gasteiger partial charge in [0.05, 0.1) is 0 Å². The number of fused-ring (bicyclic) bond motifs is 1. The van der Waals surface area contributed by atoms with Crippen LogP contribution in [0.2, 0.25) is 0 Å². The minimum atomic E-state index is -0.270. The molecule has 1 aromatic carbocycles. The molecule has 0 radical (unpaired) electrons. The van der Waals surface area contributed by atoms with Gasteiger partial charge in [-0.25, -0.2) is 0 Å². The molecule has 0 bridgehead atoms. The lowest BCUT2D eigenvalue weighted by Gasteiger charge is -2.13. The summed E-state index contributed by atoms with van der Waals surface area (Å²) >= 11 is 0. The summed E-state index contributed by atoms with van der Waals surface area (Å²) in [6, 6.07) is 8.07. The standard InChI is InChI=1S/C13H18N2O2/c1-9(13(14)16)7-15-8-11-6-10-4-2-3-5-12(10)17-11/h2-5,9,11,15H,6-8H2,1H3,(H2,14,16). The summed E-state index contributed by atoms with van der Waals surface area (Å²) < 4.78 is 5.77. The van der Waals surface area contributed by atoms with Gasteiger partial charge >= 0.3 is 0 Å². The van der Waals surface area contributed by atoms with E-state index in [1.165, 1.54) is 5.56 Å². The molecule has 2 atom stereocenters. The minimum Gasteiger partial charge on any atom is -0.488 e. The second-order valence-electron chi connectivity index (χ2n) is 4.51. The van der Waals surface area contributed by atoms with Crippen molar-refractivity contribution in [3.63, 3.8) is 0 Å². The Kier molecular flexibility index (Phi) is 3.64. The first-order valence-electron chi connectivity index (χ1n) is 5.91. The van der Waals surface area contributed by atoms with Crippen LogP contribution in [0.4, 0.5) is 0 Å². The molecule has 1 aliphatic heterocycles. The van der Waals surface area contributed by atoms with Gasteiger partial charge in [0, 0.05) is 25.4 Å². The van der Waals surface area contributed by atoms with E-state index in [1.54, 1.807) is 0 Å². The van der Waals surface area contributed by atoms with Crippen molar-refractivity contribution in [3.8, 4) is 5.75 Å². The molecule has 1 aliphatic rings. The Morgan fingerprint density at radius 1 is 1.59 bits per heavy atom. The molecule has 0 aliphatic carbocycles. The van der Waals surface area contributed by atoms with Crippen LogP contribution in [0.1, 0.15) is 12.5 Å². The fraction of sp³-hybridized carbons (Fsp3) is 0.462. The average molecular weight is 234 g/mol. The number of rotatable bonds is 5. The highest BCUT2D eigenvalue weighted by Gasteiger charge is 2.22. The van der Waals surface area contributed by atoms with E-state index in [4.69, 9.17) is 10.5 Å². The first kappa shape index (κ1) is 11.9. The number of benzene rings is 1. The molecule has 0 aromatic heterocycles. The monoisotopic (exact) mass is 234 g/mol. The Labute approximate surface area is 101 Å². The predicted octanol–water partition coefficient (Wildman–Crippen LogP) is 0.701. The topological polar surface area (TPSA) is 64.3 Å². The largest absolute Gasteiger partial charge is 0.488 e. The summed E-state index contributed by atoms with van der Waals surface area (Å²) in [5.74, 6) is 0.564. The van der Waals surface area contributed by atoms with Crippen LogP contribution in [0.5, 0.6) is 5.75 Å². The maximum Gasteiger partial charge on any atom is 0.221 e. The van der Waals surface area contributed by atoms with E-state index >= 15 is 0 Å². The van der Waals surface area contributed by atoms with Crippen LogP contribution in [0.25, 0.3) is 0 Å². The number of carbonyl (C=O) groups is 1. The molecule has 1 heterocycles. The molecule has 3 N–H and O–H groups in total. The number of para-hydroxylation sites is 1. The van der Waals surface area contributed by atoms with Gasteiger partial charge < -0.3 is 15.8 Å². The summed E-state index contributed by atoms with van der Waals surface area (Å²) in [6.07, 6.45) is 1.08. The number of hydrogen-bond acceptors (Lipinski definition) is 3. The van der Waals surface area contributed by atoms with Crippen LogP contribution < -0.4 is 15.8 Å². The SMILES string of the molecule is CC(CNCC1Cc2ccccc2O1)C(N)=O. The Morgan fingerprint density at radius 2 is 2.35 bits per heavy atom. The zero-order valence-electron chi connectivity index (χ0n) is 9.98. The minimum absolute atomic E-state index is 0.140. The molecule has 4 nitrogen and oxygen atoms in total. The maximum atomic E-state index is 10.9. The second-order valence-corrected chi connectivity index (χ2v) is 4.51. The highest BCUT2D eigenvalue weighted by atomic mass is 16.5. The number of nitrogens with one attached hydrogen (secondary N) is 1. The summed E-state index contributed by atoms with van der Waals surface area (Å²) in [4.78, 5) is 10.9. The van der Waals surface area contributed by atoms with Gasteiger partial charge in [0.15, 0.2) is 0 Å². The molecular weight excluding hydrogens is 216 g/mol. The molecular formula is C13H18N2O2. The number of carbonyl (C=O) groups excluding carboxylic acids is 1. The summed E-state index contributed by atoms with van der Waals surface area (Å²) in [5, 5.41) is 3.22. The fourth-order valence-electron chi connectivity index (χ4n) is 1.93. The van der Waals surface area contributed by atoms with E-state index in [1.807, 2.05) is 25.1 Å². The van der Waals surface area contributed by atoms with Crippen molar-refractivity contribution >= 4 is 5.91 Å². The van der Waals surface area contributed by atoms with Gasteiger partial charge in [-0.2, -0.15) is 0 Å². The van der Waals surface area contributed by atoms with Crippen molar-refractivity contribution in [1.82, 2.24) is 5.32 Å². The number of primary amides is 1. The Bertz CT molecular complexity index is 381. The van der Waals surface area contributed by atoms with E-state index in [-0.39, 0.29) is 17.9 Å². The molecule has 0 fully saturated rings. The molecule has 2 rings (SSSR count). The Balaban J connectivity index is 1.75. The van der Waals surface area contributed by atoms with E-state index in [0.717, 1.165) is 18.7 Å². The van der Waals surface area contributed by atoms with Crippen LogP contribution in [-0.4, -0.2) is 25.1 Å². The normalized spacial score (nSPS) is 19.5. The lowest BCUT2D eigenvalue weighted by atomic mass is 10.1. The summed E-state index contributed by atoms with van der Waals surface area (Å²) in [7, 11) is 0. The number of ether oxygens (including phenoxy) is 1. The summed E-state index contributed by atoms with van der Waals surface area (Å²) in [6.45, 7) is 3.16. The maximum absolute atomic E-state index is 10.9. The van der Waals surface area contributed by atoms with Gasteiger partial charge in [-0.1, -0.05) is 25.1 Å². The molecule has 4 heteroatoms. The van der Waals surface area contributed by atoms with Gasteiger partial charge in [0.1, 0.15) is 11.9 Å². The quantitative estimate of drug-likeness (QED) is 0.788. The van der Waals surface area contributed by atoms with Crippen molar-refractivity contribution in [2.45, 2.75) is 19.4 Å². The lowest BCUT2D eigenvalue weighted by molar-refractivity contribution is -0.121. The van der Waals surface area contributed by atoms with E-state index < -0.39 is 0 Å². The second kappa shape index (κ2) is 5.19. The lowest BCUT2D eigenvalue weighted by Crippen LogP contribution is -2.36. The molecule has 0 saturated carbocycles. The van der Waals surface area contributed by atoms with Crippen LogP contribution >= 0.6 is 0 Å². The predicted molar refractivity (Wildman–Crippen MR) is 65.8 cm³/mol. The van der Waals surface area contributed by atoms with E-state index in [9.17, 15) is 4.79 Å². The Morgan fingerprint density at radius 3 is 3.06 bits per heavy atom. The van der Waals surface area contributed by atoms with Crippen molar-refractivity contribution < 1.29 is 9.53 Å². The van der Waals surface area contributed by atoms with Gasteiger partial charge in [0.2, 0.25) is 5.91 Å². The third kappa shape index (κ3) is 2.97. The van der Waals surface area contributed by atoms with Gasteiger partial charge in [-0.3, -0.25) is 4.79 Å². The first-order chi connectivity index (χ1) is 8.16. The molecule has 17 heavy (non-hydrogen) atoms. The third-order valence-electron chi connectivity index (χ3n) is 3.02. The zero-order valence-corrected chi connectivity index (χ0v) is 9.98. The molecule has 1 aromatic rings. The van der Waals surface area contributed by atoms with Gasteiger partial charge in [0.25, 0.3) is 0 Å². The highest BCUT2D eigenvalue weighted by Crippen LogP contribution is 2.27. The zero-order chi connectivity index (χ0) is 12.3. The number of nitrogens with two attached hydrogens (primary N) is 1. The van der Waals surface area contributed by atoms with Crippen LogP contribution in [0.3, 0.4) is 0 Å². The molecule has 1 amide bonds. The molecule has 92 valence electrons. The first-order valence-corrected chi connectivity index (χ1v) is 5.91. The van der Waals surface area contributed by atoms with E-state index in [2.05, 4.69) is 11.4 Å². The smallest absolute Gasteiger partial charge is 0.221 e. The number of hydrogen-bond donors (Lipinski definition) is 2.